The number of hydrogen-bond acceptors (Lipinski definition) is 15. The van der Waals surface area contributed by atoms with E-state index in [1.54, 1.807) is 41.5 Å². The van der Waals surface area contributed by atoms with Gasteiger partial charge in [0.1, 0.15) is 34.7 Å². The van der Waals surface area contributed by atoms with E-state index in [9.17, 15) is 102 Å². The number of ether oxygens (including phenoxy) is 3. The van der Waals surface area contributed by atoms with Crippen LogP contribution in [0.25, 0.3) is 0 Å². The number of carboxylic acids is 1. The molecule has 0 aliphatic carbocycles. The maximum Gasteiger partial charge on any atom is 0.419 e. The minimum Gasteiger partial charge on any atom is -0.480 e. The van der Waals surface area contributed by atoms with Crippen LogP contribution in [0.3, 0.4) is 0 Å². The van der Waals surface area contributed by atoms with E-state index in [4.69, 9.17) is 19.3 Å². The number of alkyl halides is 9. The molecule has 0 bridgehead atoms. The molecule has 5 saturated heterocycles. The number of nitrogens with one attached hydrogen (secondary N) is 1. The first-order chi connectivity index (χ1) is 41.5. The number of carbonyl (C=O) groups excluding carboxylic acids is 5. The molecule has 5 heterocycles. The minimum absolute atomic E-state index is 0. The molecule has 5 aliphatic heterocycles. The monoisotopic (exact) mass is 1340 g/mol. The van der Waals surface area contributed by atoms with Gasteiger partial charge in [-0.05, 0) is 126 Å². The van der Waals surface area contributed by atoms with Gasteiger partial charge in [0.2, 0.25) is 0 Å². The predicted molar refractivity (Wildman–Crippen MR) is 302 cm³/mol. The lowest BCUT2D eigenvalue weighted by Gasteiger charge is -2.30. The molecule has 0 saturated carbocycles. The third-order valence-corrected chi connectivity index (χ3v) is 14.7. The highest BCUT2D eigenvalue weighted by Gasteiger charge is 2.44. The zero-order valence-electron chi connectivity index (χ0n) is 50.4. The Kier molecular flexibility index (Phi) is 27.3. The largest absolute Gasteiger partial charge is 0.480 e. The number of halogens is 13. The van der Waals surface area contributed by atoms with Crippen LogP contribution in [0.15, 0.2) is 54.6 Å². The van der Waals surface area contributed by atoms with Gasteiger partial charge in [0, 0.05) is 65.0 Å². The first-order valence-electron chi connectivity index (χ1n) is 28.6. The van der Waals surface area contributed by atoms with Crippen LogP contribution in [0.5, 0.6) is 0 Å². The van der Waals surface area contributed by atoms with Gasteiger partial charge < -0.3 is 45.1 Å². The number of rotatable bonds is 12. The van der Waals surface area contributed by atoms with Gasteiger partial charge in [-0.1, -0.05) is 18.2 Å². The number of aliphatic hydroxyl groups excluding tert-OH is 4. The van der Waals surface area contributed by atoms with E-state index < -0.39 is 136 Å². The van der Waals surface area contributed by atoms with E-state index in [2.05, 4.69) is 5.32 Å². The number of benzene rings is 3. The summed E-state index contributed by atoms with van der Waals surface area (Å²) in [4.78, 5) is 75.9. The highest BCUT2D eigenvalue weighted by atomic mass is 35.5. The maximum absolute atomic E-state index is 13.7. The van der Waals surface area contributed by atoms with Gasteiger partial charge in [-0.3, -0.25) is 29.1 Å². The SMILES string of the molecule is CC(C)(C)OC(=O)N1C[C@@H](O)C[C@H]1C(=O)Cc1ccc(C(F)(F)F)c(F)c1.CC(C)(C)OC(=O)N1C[C@@H](O)C[C@H]1C(=O)O.Cl.O=C(Cc1ccc(C(F)(F)F)c(F)c1)[C@@H]1C[C@H](O)CN1.O=C(Cc1ccc(C(F)(F)F)c(F)c1)[C@@H]1C[C@H](O)CN1CC1CCOCC1. The first kappa shape index (κ1) is 77.3. The van der Waals surface area contributed by atoms with Gasteiger partial charge in [-0.15, -0.1) is 12.4 Å². The van der Waals surface area contributed by atoms with Crippen molar-refractivity contribution in [1.29, 1.82) is 0 Å². The Morgan fingerprint density at radius 3 is 1.25 bits per heavy atom. The number of hydrogen-bond donors (Lipinski definition) is 6. The smallest absolute Gasteiger partial charge is 0.419 e. The molecule has 6 N–H and O–H groups in total. The van der Waals surface area contributed by atoms with Crippen molar-refractivity contribution in [2.75, 3.05) is 45.9 Å². The van der Waals surface area contributed by atoms with Crippen LogP contribution < -0.4 is 5.32 Å². The molecule has 0 unspecified atom stereocenters. The highest BCUT2D eigenvalue weighted by Crippen LogP contribution is 2.35. The Morgan fingerprint density at radius 1 is 0.527 bits per heavy atom. The number of β-amino-alcohol motifs (C(OH)–C–C–N with tert-alkyl or cyclic N) is 4. The molecule has 8 rings (SSSR count). The van der Waals surface area contributed by atoms with Crippen molar-refractivity contribution >= 4 is 47.9 Å². The van der Waals surface area contributed by atoms with Crippen LogP contribution in [0, 0.1) is 23.4 Å². The normalized spacial score (nSPS) is 23.1. The van der Waals surface area contributed by atoms with E-state index in [0.29, 0.717) is 69.5 Å². The number of aliphatic hydroxyl groups is 4. The molecular formula is C60H75ClF12N4O14. The molecule has 0 aromatic heterocycles. The van der Waals surface area contributed by atoms with Crippen molar-refractivity contribution in [3.8, 4) is 0 Å². The van der Waals surface area contributed by atoms with Crippen LogP contribution in [0.4, 0.5) is 62.3 Å². The molecule has 2 amide bonds. The zero-order valence-corrected chi connectivity index (χ0v) is 51.2. The van der Waals surface area contributed by atoms with Crippen molar-refractivity contribution in [3.63, 3.8) is 0 Å². The maximum atomic E-state index is 13.7. The minimum atomic E-state index is -4.82. The van der Waals surface area contributed by atoms with Gasteiger partial charge in [0.15, 0.2) is 17.3 Å². The van der Waals surface area contributed by atoms with Crippen molar-refractivity contribution in [3.05, 3.63) is 105 Å². The summed E-state index contributed by atoms with van der Waals surface area (Å²) in [5, 5.41) is 50.1. The molecule has 0 spiro atoms. The molecule has 0 radical (unpaired) electrons. The molecule has 5 aliphatic rings. The number of carbonyl (C=O) groups is 6. The summed E-state index contributed by atoms with van der Waals surface area (Å²) in [5.74, 6) is -5.97. The molecule has 3 aromatic rings. The Labute approximate surface area is 522 Å². The third-order valence-electron chi connectivity index (χ3n) is 14.7. The Morgan fingerprint density at radius 2 is 0.890 bits per heavy atom. The quantitative estimate of drug-likeness (QED) is 0.0928. The summed E-state index contributed by atoms with van der Waals surface area (Å²) in [6, 6.07) is 4.28. The van der Waals surface area contributed by atoms with Crippen LogP contribution >= 0.6 is 12.4 Å². The number of amides is 2. The van der Waals surface area contributed by atoms with E-state index in [1.165, 1.54) is 0 Å². The zero-order chi connectivity index (χ0) is 67.6. The number of carboxylic acid groups (broad SMARTS) is 1. The molecule has 18 nitrogen and oxygen atoms in total. The van der Waals surface area contributed by atoms with E-state index in [-0.39, 0.29) is 92.3 Å². The van der Waals surface area contributed by atoms with Crippen LogP contribution in [0.1, 0.15) is 113 Å². The van der Waals surface area contributed by atoms with E-state index in [0.717, 1.165) is 53.0 Å². The van der Waals surface area contributed by atoms with Gasteiger partial charge in [-0.2, -0.15) is 39.5 Å². The highest BCUT2D eigenvalue weighted by molar-refractivity contribution is 5.90. The molecule has 91 heavy (non-hydrogen) atoms. The summed E-state index contributed by atoms with van der Waals surface area (Å²) >= 11 is 0. The third kappa shape index (κ3) is 23.7. The van der Waals surface area contributed by atoms with E-state index >= 15 is 0 Å². The number of nitrogens with zero attached hydrogens (tertiary/aromatic N) is 3. The fourth-order valence-electron chi connectivity index (χ4n) is 10.5. The second kappa shape index (κ2) is 32.1. The van der Waals surface area contributed by atoms with Gasteiger partial charge >= 0.3 is 36.7 Å². The standard InChI is InChI=1S/C19H23F4NO3.C18H21F4NO4.C13H13F4NO2.C10H17NO5.ClH/c20-16-7-13(1-2-15(16)19(21,22)23)8-18(26)17-9-14(25)11-24(17)10-12-3-5-27-6-4-12;1-17(2,3)27-16(26)23-9-11(24)8-14(23)15(25)7-10-4-5-12(13(19)6-10)18(20,21)22;14-10-3-7(1-2-9(10)13(15,16)17)4-12(20)11-5-8(19)6-18-11;1-10(2,3)16-9(15)11-5-6(12)4-7(11)8(13)14;/h1-2,7,12,14,17,25H,3-6,8-11H2;4-6,11,14,24H,7-9H2,1-3H3;1-3,8,11,18-19H,4-6H2;6-7,12H,4-5H2,1-3H3,(H,13,14);1H/t14-,17-;11-,14-;8-,11-;6-,7-;/m0000./s1. The topological polar surface area (TPSA) is 253 Å². The number of Topliss-reactive ketones (excluding diaryl/α,β-unsaturated/α-hetero) is 3. The lowest BCUT2D eigenvalue weighted by Crippen LogP contribution is -2.44. The van der Waals surface area contributed by atoms with Crippen molar-refractivity contribution in [2.45, 2.75) is 178 Å². The lowest BCUT2D eigenvalue weighted by molar-refractivity contribution is -0.142. The Balaban J connectivity index is 0.000000263. The molecule has 5 fully saturated rings. The molecule has 8 atom stereocenters. The van der Waals surface area contributed by atoms with Gasteiger partial charge in [0.05, 0.1) is 72.3 Å². The average Bonchev–Trinajstić information content (AvgIpc) is 1.98. The fraction of sp³-hybridized carbons (Fsp3) is 0.600. The average molecular weight is 1340 g/mol. The molecule has 510 valence electrons. The van der Waals surface area contributed by atoms with Crippen molar-refractivity contribution in [1.82, 2.24) is 20.0 Å². The summed E-state index contributed by atoms with van der Waals surface area (Å²) in [6.07, 6.45) is -17.0. The van der Waals surface area contributed by atoms with Gasteiger partial charge in [-0.25, -0.2) is 27.6 Å². The van der Waals surface area contributed by atoms with Crippen molar-refractivity contribution in [2.24, 2.45) is 5.92 Å². The predicted octanol–water partition coefficient (Wildman–Crippen LogP) is 8.69. The summed E-state index contributed by atoms with van der Waals surface area (Å²) in [7, 11) is 0. The second-order valence-electron chi connectivity index (χ2n) is 24.5. The van der Waals surface area contributed by atoms with Crippen molar-refractivity contribution < 1.29 is 121 Å². The summed E-state index contributed by atoms with van der Waals surface area (Å²) < 4.78 is 169. The van der Waals surface area contributed by atoms with Crippen LogP contribution in [0.2, 0.25) is 0 Å². The molecule has 31 heteroatoms. The van der Waals surface area contributed by atoms with Gasteiger partial charge in [0.25, 0.3) is 0 Å². The fourth-order valence-corrected chi connectivity index (χ4v) is 10.5. The Bertz CT molecular complexity index is 2990. The summed E-state index contributed by atoms with van der Waals surface area (Å²) in [5.41, 5.74) is -5.12. The number of aliphatic carboxylic acids is 1. The molecular weight excluding hydrogens is 1260 g/mol. The van der Waals surface area contributed by atoms with E-state index in [1.807, 2.05) is 4.90 Å². The lowest BCUT2D eigenvalue weighted by atomic mass is 9.97. The molecule has 3 aromatic carbocycles. The number of likely N-dealkylation sites (tertiary alicyclic amines) is 3. The van der Waals surface area contributed by atoms with Crippen LogP contribution in [-0.2, 0) is 71.2 Å². The Hall–Kier alpha value is -6.15. The van der Waals surface area contributed by atoms with Crippen LogP contribution in [-0.4, -0.2) is 181 Å². The number of ketones is 3. The second-order valence-corrected chi connectivity index (χ2v) is 24.5. The summed E-state index contributed by atoms with van der Waals surface area (Å²) in [6.45, 7) is 12.7. The first-order valence-corrected chi connectivity index (χ1v) is 28.6.